The van der Waals surface area contributed by atoms with E-state index in [4.69, 9.17) is 5.11 Å². The average Bonchev–Trinajstić information content (AvgIpc) is 2.09. The molecule has 1 saturated carbocycles. The van der Waals surface area contributed by atoms with E-state index in [1.807, 2.05) is 20.8 Å². The van der Waals surface area contributed by atoms with Crippen molar-refractivity contribution in [2.24, 2.45) is 10.8 Å². The summed E-state index contributed by atoms with van der Waals surface area (Å²) in [5, 5.41) is 9.01. The molecule has 0 aromatic carbocycles. The number of carbonyl (C=O) groups is 1. The summed E-state index contributed by atoms with van der Waals surface area (Å²) in [6.45, 7) is 5.96. The van der Waals surface area contributed by atoms with Crippen LogP contribution in [0.15, 0.2) is 0 Å². The fraction of sp³-hybridized carbons (Fsp3) is 0.889. The molecule has 2 heteroatoms. The van der Waals surface area contributed by atoms with E-state index in [1.54, 1.807) is 0 Å². The van der Waals surface area contributed by atoms with Crippen molar-refractivity contribution in [2.75, 3.05) is 0 Å². The second-order valence-electron chi connectivity index (χ2n) is 4.37. The Labute approximate surface area is 67.6 Å². The van der Waals surface area contributed by atoms with Crippen LogP contribution in [-0.2, 0) is 4.79 Å². The van der Waals surface area contributed by atoms with Crippen LogP contribution in [0.4, 0.5) is 0 Å². The molecule has 0 radical (unpaired) electrons. The molecular formula is C9H16O2. The Hall–Kier alpha value is -0.530. The predicted molar refractivity (Wildman–Crippen MR) is 43.4 cm³/mol. The highest BCUT2D eigenvalue weighted by molar-refractivity contribution is 5.75. The number of carboxylic acids is 1. The monoisotopic (exact) mass is 156 g/mol. The van der Waals surface area contributed by atoms with Crippen molar-refractivity contribution >= 4 is 5.97 Å². The van der Waals surface area contributed by atoms with Crippen LogP contribution in [0.5, 0.6) is 0 Å². The Kier molecular flexibility index (Phi) is 1.73. The molecule has 1 N–H and O–H groups in total. The van der Waals surface area contributed by atoms with Crippen LogP contribution < -0.4 is 0 Å². The summed E-state index contributed by atoms with van der Waals surface area (Å²) in [5.41, 5.74) is -0.522. The molecule has 1 rings (SSSR count). The number of aliphatic carboxylic acids is 1. The smallest absolute Gasteiger partial charge is 0.309 e. The summed E-state index contributed by atoms with van der Waals surface area (Å²) < 4.78 is 0. The summed E-state index contributed by atoms with van der Waals surface area (Å²) in [6, 6.07) is 0. The third-order valence-corrected chi connectivity index (χ3v) is 3.44. The largest absolute Gasteiger partial charge is 0.481 e. The first-order chi connectivity index (χ1) is 4.90. The highest BCUT2D eigenvalue weighted by Gasteiger charge is 2.50. The van der Waals surface area contributed by atoms with Crippen molar-refractivity contribution in [1.29, 1.82) is 0 Å². The van der Waals surface area contributed by atoms with E-state index < -0.39 is 11.4 Å². The van der Waals surface area contributed by atoms with Gasteiger partial charge in [0.2, 0.25) is 0 Å². The second-order valence-corrected chi connectivity index (χ2v) is 4.37. The van der Waals surface area contributed by atoms with Crippen LogP contribution in [-0.4, -0.2) is 11.1 Å². The molecule has 1 aliphatic carbocycles. The van der Waals surface area contributed by atoms with E-state index in [1.165, 1.54) is 0 Å². The Morgan fingerprint density at radius 3 is 2.00 bits per heavy atom. The molecule has 1 aliphatic rings. The van der Waals surface area contributed by atoms with Gasteiger partial charge in [0.05, 0.1) is 5.41 Å². The molecule has 0 heterocycles. The zero-order valence-corrected chi connectivity index (χ0v) is 7.48. The average molecular weight is 156 g/mol. The highest BCUT2D eigenvalue weighted by atomic mass is 16.4. The van der Waals surface area contributed by atoms with Gasteiger partial charge in [0.15, 0.2) is 0 Å². The zero-order valence-electron chi connectivity index (χ0n) is 7.48. The number of carboxylic acid groups (broad SMARTS) is 1. The van der Waals surface area contributed by atoms with Crippen molar-refractivity contribution in [3.05, 3.63) is 0 Å². The maximum atomic E-state index is 10.9. The first kappa shape index (κ1) is 8.57. The minimum Gasteiger partial charge on any atom is -0.481 e. The van der Waals surface area contributed by atoms with Gasteiger partial charge in [0, 0.05) is 0 Å². The number of rotatable bonds is 1. The lowest BCUT2D eigenvalue weighted by atomic mass is 9.69. The Bertz CT molecular complexity index is 184. The van der Waals surface area contributed by atoms with Gasteiger partial charge in [-0.1, -0.05) is 20.3 Å². The van der Waals surface area contributed by atoms with Gasteiger partial charge in [0.1, 0.15) is 0 Å². The van der Waals surface area contributed by atoms with Crippen molar-refractivity contribution in [3.63, 3.8) is 0 Å². The molecule has 0 aliphatic heterocycles. The zero-order chi connectivity index (χ0) is 8.70. The molecule has 0 spiro atoms. The van der Waals surface area contributed by atoms with Crippen LogP contribution in [0.25, 0.3) is 0 Å². The lowest BCUT2D eigenvalue weighted by molar-refractivity contribution is -0.153. The quantitative estimate of drug-likeness (QED) is 0.632. The van der Waals surface area contributed by atoms with Gasteiger partial charge in [-0.15, -0.1) is 0 Å². The normalized spacial score (nSPS) is 35.5. The first-order valence-corrected chi connectivity index (χ1v) is 4.13. The van der Waals surface area contributed by atoms with Crippen LogP contribution in [0.3, 0.4) is 0 Å². The topological polar surface area (TPSA) is 37.3 Å². The fourth-order valence-electron chi connectivity index (χ4n) is 1.89. The molecule has 1 atom stereocenters. The second kappa shape index (κ2) is 2.23. The van der Waals surface area contributed by atoms with Crippen molar-refractivity contribution < 1.29 is 9.90 Å². The molecule has 2 nitrogen and oxygen atoms in total. The molecule has 0 aromatic heterocycles. The van der Waals surface area contributed by atoms with Gasteiger partial charge in [-0.2, -0.15) is 0 Å². The third kappa shape index (κ3) is 1.05. The molecule has 0 unspecified atom stereocenters. The maximum absolute atomic E-state index is 10.9. The minimum absolute atomic E-state index is 0.0289. The minimum atomic E-state index is -0.639. The summed E-state index contributed by atoms with van der Waals surface area (Å²) in [4.78, 5) is 10.9. The highest BCUT2D eigenvalue weighted by Crippen LogP contribution is 2.52. The summed E-state index contributed by atoms with van der Waals surface area (Å²) in [6.07, 6.45) is 2.92. The van der Waals surface area contributed by atoms with Crippen LogP contribution in [0.2, 0.25) is 0 Å². The van der Waals surface area contributed by atoms with E-state index >= 15 is 0 Å². The third-order valence-electron chi connectivity index (χ3n) is 3.44. The van der Waals surface area contributed by atoms with Gasteiger partial charge in [-0.25, -0.2) is 0 Å². The Balaban J connectivity index is 2.93. The van der Waals surface area contributed by atoms with E-state index in [9.17, 15) is 4.79 Å². The molecule has 1 fully saturated rings. The van der Waals surface area contributed by atoms with Gasteiger partial charge in [-0.05, 0) is 25.2 Å². The molecule has 0 saturated heterocycles. The summed E-state index contributed by atoms with van der Waals surface area (Å²) in [7, 11) is 0. The summed E-state index contributed by atoms with van der Waals surface area (Å²) in [5.74, 6) is -0.639. The van der Waals surface area contributed by atoms with Gasteiger partial charge >= 0.3 is 5.97 Å². The summed E-state index contributed by atoms with van der Waals surface area (Å²) >= 11 is 0. The van der Waals surface area contributed by atoms with Gasteiger partial charge in [-0.3, -0.25) is 4.79 Å². The lowest BCUT2D eigenvalue weighted by Crippen LogP contribution is -2.37. The van der Waals surface area contributed by atoms with E-state index in [0.717, 1.165) is 19.3 Å². The fourth-order valence-corrected chi connectivity index (χ4v) is 1.89. The van der Waals surface area contributed by atoms with Gasteiger partial charge in [0.25, 0.3) is 0 Å². The van der Waals surface area contributed by atoms with Crippen LogP contribution in [0.1, 0.15) is 40.0 Å². The lowest BCUT2D eigenvalue weighted by Gasteiger charge is -2.33. The Morgan fingerprint density at radius 2 is 1.82 bits per heavy atom. The number of hydrogen-bond donors (Lipinski definition) is 1. The van der Waals surface area contributed by atoms with E-state index in [0.29, 0.717) is 0 Å². The van der Waals surface area contributed by atoms with Crippen LogP contribution in [0, 0.1) is 10.8 Å². The van der Waals surface area contributed by atoms with Crippen LogP contribution >= 0.6 is 0 Å². The standard InChI is InChI=1S/C9H16O2/c1-8(2)5-4-6-9(8,3)7(10)11/h4-6H2,1-3H3,(H,10,11)/t9-/m0/s1. The molecule has 0 bridgehead atoms. The number of hydrogen-bond acceptors (Lipinski definition) is 1. The maximum Gasteiger partial charge on any atom is 0.309 e. The molecule has 64 valence electrons. The molecular weight excluding hydrogens is 140 g/mol. The van der Waals surface area contributed by atoms with E-state index in [2.05, 4.69) is 0 Å². The van der Waals surface area contributed by atoms with Crippen molar-refractivity contribution in [3.8, 4) is 0 Å². The SMILES string of the molecule is CC1(C)CCC[C@@]1(C)C(=O)O. The van der Waals surface area contributed by atoms with Crippen molar-refractivity contribution in [2.45, 2.75) is 40.0 Å². The molecule has 11 heavy (non-hydrogen) atoms. The predicted octanol–water partition coefficient (Wildman–Crippen LogP) is 2.29. The molecule has 0 aromatic rings. The molecule has 0 amide bonds. The van der Waals surface area contributed by atoms with Crippen molar-refractivity contribution in [1.82, 2.24) is 0 Å². The Morgan fingerprint density at radius 1 is 1.27 bits per heavy atom. The van der Waals surface area contributed by atoms with Gasteiger partial charge < -0.3 is 5.11 Å². The van der Waals surface area contributed by atoms with E-state index in [-0.39, 0.29) is 5.41 Å². The first-order valence-electron chi connectivity index (χ1n) is 4.13.